The van der Waals surface area contributed by atoms with E-state index in [1.807, 2.05) is 18.2 Å². The number of piperidine rings is 1. The third-order valence-electron chi connectivity index (χ3n) is 9.11. The standard InChI is InChI=1S/C36H38N6O9S2.C2HF3O2/c1-22-34(52-35(38-22)39-23(2)43)53(47,48)51-29-13-9-26(10-14-29)40-36(46)41(30(33(37)45)17-24-6-11-28(44)12-7-24)27-5-4-16-42(3,20-27)19-25-8-15-31-32(18-25)50-21-49-31;3-2(4,5)1(6)7/h6-15,18,30H,4-5,16-17,19-21H2,1-3H3,(H3-2,37,38,39,40,43,44,45,46);(H,6,7)/p+2/b41-27+;/t30-,42?;/m0./s1. The van der Waals surface area contributed by atoms with Gasteiger partial charge in [0.05, 0.1) is 19.3 Å². The summed E-state index contributed by atoms with van der Waals surface area (Å²) in [5.41, 5.74) is 8.95. The molecule has 2 aliphatic rings. The Morgan fingerprint density at radius 2 is 1.65 bits per heavy atom. The molecule has 1 saturated heterocycles. The lowest BCUT2D eigenvalue weighted by molar-refractivity contribution is -0.918. The molecule has 1 fully saturated rings. The number of carboxylic acids is 1. The Balaban J connectivity index is 0.000000896. The van der Waals surface area contributed by atoms with Crippen LogP contribution in [-0.2, 0) is 37.5 Å². The van der Waals surface area contributed by atoms with Crippen molar-refractivity contribution < 1.29 is 73.7 Å². The van der Waals surface area contributed by atoms with E-state index in [-0.39, 0.29) is 39.7 Å². The number of amides is 4. The van der Waals surface area contributed by atoms with Crippen molar-refractivity contribution in [2.75, 3.05) is 37.6 Å². The number of aromatic nitrogens is 1. The molecule has 2 aliphatic heterocycles. The van der Waals surface area contributed by atoms with Gasteiger partial charge in [-0.2, -0.15) is 31.0 Å². The van der Waals surface area contributed by atoms with Gasteiger partial charge in [0.25, 0.3) is 5.91 Å². The molecule has 4 aromatic rings. The van der Waals surface area contributed by atoms with Gasteiger partial charge in [-0.25, -0.2) is 15.1 Å². The molecule has 1 unspecified atom stereocenters. The Bertz CT molecular complexity index is 2410. The van der Waals surface area contributed by atoms with Gasteiger partial charge in [-0.3, -0.25) is 9.59 Å². The highest BCUT2D eigenvalue weighted by atomic mass is 32.3. The van der Waals surface area contributed by atoms with Gasteiger partial charge in [-0.1, -0.05) is 23.5 Å². The number of phenols is 1. The lowest BCUT2D eigenvalue weighted by atomic mass is 10.0. The molecule has 3 heterocycles. The summed E-state index contributed by atoms with van der Waals surface area (Å²) >= 11 is 0.770. The zero-order valence-electron chi connectivity index (χ0n) is 32.3. The van der Waals surface area contributed by atoms with Crippen LogP contribution in [0.25, 0.3) is 0 Å². The van der Waals surface area contributed by atoms with Crippen molar-refractivity contribution in [3.63, 3.8) is 0 Å². The minimum atomic E-state index is -5.08. The maximum absolute atomic E-state index is 14.3. The third kappa shape index (κ3) is 11.7. The quantitative estimate of drug-likeness (QED) is 0.0779. The highest BCUT2D eigenvalue weighted by Crippen LogP contribution is 2.34. The predicted molar refractivity (Wildman–Crippen MR) is 210 cm³/mol. The van der Waals surface area contributed by atoms with E-state index in [1.54, 1.807) is 12.1 Å². The Labute approximate surface area is 345 Å². The highest BCUT2D eigenvalue weighted by molar-refractivity contribution is 7.89. The van der Waals surface area contributed by atoms with E-state index < -0.39 is 46.2 Å². The van der Waals surface area contributed by atoms with Crippen LogP contribution >= 0.6 is 11.3 Å². The maximum atomic E-state index is 14.3. The molecule has 60 heavy (non-hydrogen) atoms. The molecule has 0 bridgehead atoms. The number of hydrogen-bond donors (Lipinski definition) is 5. The molecule has 0 radical (unpaired) electrons. The van der Waals surface area contributed by atoms with Crippen molar-refractivity contribution in [3.05, 3.63) is 83.6 Å². The number of benzene rings is 3. The number of nitrogens with zero attached hydrogens (tertiary/aromatic N) is 3. The summed E-state index contributed by atoms with van der Waals surface area (Å²) in [7, 11) is -2.19. The largest absolute Gasteiger partial charge is 0.508 e. The summed E-state index contributed by atoms with van der Waals surface area (Å²) in [6, 6.07) is 16.3. The van der Waals surface area contributed by atoms with Gasteiger partial charge in [0.2, 0.25) is 12.7 Å². The fourth-order valence-corrected chi connectivity index (χ4v) is 8.86. The second-order valence-corrected chi connectivity index (χ2v) is 16.8. The first-order chi connectivity index (χ1) is 28.1. The van der Waals surface area contributed by atoms with E-state index in [4.69, 9.17) is 29.3 Å². The molecule has 6 rings (SSSR count). The van der Waals surface area contributed by atoms with Crippen LogP contribution in [0.3, 0.4) is 0 Å². The number of quaternary nitrogens is 1. The van der Waals surface area contributed by atoms with Crippen molar-refractivity contribution in [1.82, 2.24) is 4.98 Å². The number of hydrogen-bond acceptors (Lipinski definition) is 12. The summed E-state index contributed by atoms with van der Waals surface area (Å²) in [5, 5.41) is 22.4. The summed E-state index contributed by atoms with van der Waals surface area (Å²) < 4.78 is 76.1. The third-order valence-corrected chi connectivity index (χ3v) is 12.0. The van der Waals surface area contributed by atoms with Crippen LogP contribution in [0, 0.1) is 6.92 Å². The molecule has 0 aliphatic carbocycles. The van der Waals surface area contributed by atoms with Crippen LogP contribution in [-0.4, -0.2) is 101 Å². The van der Waals surface area contributed by atoms with Gasteiger partial charge >= 0.3 is 28.3 Å². The van der Waals surface area contributed by atoms with E-state index in [0.29, 0.717) is 46.7 Å². The van der Waals surface area contributed by atoms with Gasteiger partial charge in [0, 0.05) is 31.7 Å². The number of nitrogens with two attached hydrogens (primary N) is 1. The van der Waals surface area contributed by atoms with Gasteiger partial charge < -0.3 is 39.4 Å². The zero-order valence-corrected chi connectivity index (χ0v) is 33.9. The minimum absolute atomic E-state index is 0.0192. The van der Waals surface area contributed by atoms with Crippen LogP contribution in [0.15, 0.2) is 70.9 Å². The summed E-state index contributed by atoms with van der Waals surface area (Å²) in [4.78, 5) is 51.8. The lowest BCUT2D eigenvalue weighted by Crippen LogP contribution is -2.56. The molecule has 2 atom stereocenters. The number of anilines is 2. The number of urea groups is 1. The number of phenolic OH excluding ortho intramolecular Hbond substituents is 1. The van der Waals surface area contributed by atoms with Crippen LogP contribution in [0.1, 0.15) is 36.6 Å². The molecule has 0 spiro atoms. The summed E-state index contributed by atoms with van der Waals surface area (Å²) in [6.45, 7) is 4.86. The molecule has 22 heteroatoms. The number of aliphatic carboxylic acids is 1. The van der Waals surface area contributed by atoms with E-state index in [9.17, 15) is 41.1 Å². The number of aromatic hydroxyl groups is 1. The summed E-state index contributed by atoms with van der Waals surface area (Å²) in [5.74, 6) is -2.43. The average Bonchev–Trinajstić information content (AvgIpc) is 3.78. The number of halogens is 3. The number of alkyl halides is 3. The highest BCUT2D eigenvalue weighted by Gasteiger charge is 2.40. The van der Waals surface area contributed by atoms with Crippen molar-refractivity contribution in [3.8, 4) is 23.0 Å². The zero-order chi connectivity index (χ0) is 44.0. The first kappa shape index (κ1) is 44.8. The van der Waals surface area contributed by atoms with Gasteiger partial charge in [-0.15, -0.1) is 0 Å². The van der Waals surface area contributed by atoms with Gasteiger partial charge in [0.15, 0.2) is 26.9 Å². The monoisotopic (exact) mass is 878 g/mol. The molecule has 17 nitrogen and oxygen atoms in total. The molecular formula is C38H41F3N6O11S2+2. The van der Waals surface area contributed by atoms with E-state index in [2.05, 4.69) is 22.7 Å². The van der Waals surface area contributed by atoms with Crippen molar-refractivity contribution in [2.24, 2.45) is 5.73 Å². The lowest BCUT2D eigenvalue weighted by Gasteiger charge is -2.38. The first-order valence-corrected chi connectivity index (χ1v) is 20.2. The topological polar surface area (TPSA) is 237 Å². The fourth-order valence-electron chi connectivity index (χ4n) is 6.52. The fraction of sp³-hybridized carbons (Fsp3) is 0.316. The number of primary amides is 1. The molecule has 320 valence electrons. The smallest absolute Gasteiger partial charge is 0.496 e. The van der Waals surface area contributed by atoms with Crippen molar-refractivity contribution in [2.45, 2.75) is 56.1 Å². The Kier molecular flexibility index (Phi) is 13.7. The SMILES string of the molecule is CC(=O)Nc1nc(C)c(S(=O)(=O)Oc2ccc(NC(=O)/[N+](=C3\CCC[N+](C)(Cc4ccc5c(c4)OCO5)C3)[C@@H](Cc3ccc(O)cc3)C(N)=O)cc2)s1.O=C(O)C(F)(F)F. The van der Waals surface area contributed by atoms with E-state index >= 15 is 0 Å². The molecule has 3 aromatic carbocycles. The average molecular weight is 879 g/mol. The maximum Gasteiger partial charge on any atom is 0.496 e. The van der Waals surface area contributed by atoms with Gasteiger partial charge in [-0.05, 0) is 67.1 Å². The molecule has 1 aromatic heterocycles. The number of thiazole rings is 1. The number of fused-ring (bicyclic) bond motifs is 1. The predicted octanol–water partition coefficient (Wildman–Crippen LogP) is 4.77. The van der Waals surface area contributed by atoms with Crippen molar-refractivity contribution >= 4 is 61.8 Å². The van der Waals surface area contributed by atoms with Crippen LogP contribution in [0.5, 0.6) is 23.0 Å². The number of aryl methyl sites for hydroxylation is 1. The second kappa shape index (κ2) is 18.3. The first-order valence-electron chi connectivity index (χ1n) is 18.0. The van der Waals surface area contributed by atoms with E-state index in [1.165, 1.54) is 54.8 Å². The van der Waals surface area contributed by atoms with Crippen molar-refractivity contribution in [1.29, 1.82) is 0 Å². The molecule has 6 N–H and O–H groups in total. The number of carbonyl (C=O) groups is 4. The normalized spacial score (nSPS) is 17.4. The van der Waals surface area contributed by atoms with E-state index in [0.717, 1.165) is 35.6 Å². The number of rotatable bonds is 11. The molecular weight excluding hydrogens is 838 g/mol. The Morgan fingerprint density at radius 1 is 1.02 bits per heavy atom. The van der Waals surface area contributed by atoms with Gasteiger partial charge in [0.1, 0.15) is 36.0 Å². The second-order valence-electron chi connectivity index (χ2n) is 14.0. The molecule has 4 amide bonds. The Morgan fingerprint density at radius 3 is 2.27 bits per heavy atom. The minimum Gasteiger partial charge on any atom is -0.508 e. The van der Waals surface area contributed by atoms with Crippen LogP contribution < -0.4 is 30.0 Å². The van der Waals surface area contributed by atoms with Crippen LogP contribution in [0.2, 0.25) is 0 Å². The van der Waals surface area contributed by atoms with Crippen LogP contribution in [0.4, 0.5) is 28.8 Å². The molecule has 0 saturated carbocycles. The number of likely N-dealkylation sites (tertiary alicyclic amines) is 1. The number of carboxylic acid groups (broad SMARTS) is 1. The Hall–Kier alpha value is -6.26. The number of ether oxygens (including phenoxy) is 2. The number of carbonyl (C=O) groups excluding carboxylic acids is 3. The number of nitrogens with one attached hydrogen (secondary N) is 2. The summed E-state index contributed by atoms with van der Waals surface area (Å²) in [6.07, 6.45) is -3.69.